The zero-order chi connectivity index (χ0) is 23.7. The number of nitrogens with one attached hydrogen (secondary N) is 1. The molecule has 0 bridgehead atoms. The number of aromatic nitrogens is 4. The lowest BCUT2D eigenvalue weighted by atomic mass is 10.2. The average Bonchev–Trinajstić information content (AvgIpc) is 3.22. The van der Waals surface area contributed by atoms with Crippen LogP contribution in [-0.4, -0.2) is 37.4 Å². The van der Waals surface area contributed by atoms with Gasteiger partial charge < -0.3 is 10.1 Å². The van der Waals surface area contributed by atoms with Crippen LogP contribution in [0.4, 0.5) is 5.69 Å². The van der Waals surface area contributed by atoms with Gasteiger partial charge in [-0.05, 0) is 37.6 Å². The minimum Gasteiger partial charge on any atom is -0.495 e. The molecule has 33 heavy (non-hydrogen) atoms. The van der Waals surface area contributed by atoms with Gasteiger partial charge in [-0.25, -0.2) is 0 Å². The molecule has 2 aromatic heterocycles. The number of thioether (sulfide) groups is 1. The maximum Gasteiger partial charge on any atom is 0.263 e. The van der Waals surface area contributed by atoms with Crippen molar-refractivity contribution in [3.63, 3.8) is 0 Å². The van der Waals surface area contributed by atoms with Gasteiger partial charge in [0.05, 0.1) is 29.0 Å². The molecule has 4 rings (SSSR count). The Kier molecular flexibility index (Phi) is 6.44. The fourth-order valence-corrected chi connectivity index (χ4v) is 4.49. The lowest BCUT2D eigenvalue weighted by molar-refractivity contribution is -0.115. The highest BCUT2D eigenvalue weighted by molar-refractivity contribution is 8.00. The molecule has 0 radical (unpaired) electrons. The minimum absolute atomic E-state index is 0.169. The van der Waals surface area contributed by atoms with Crippen LogP contribution in [0.1, 0.15) is 12.5 Å². The number of methoxy groups -OCH3 is 1. The quantitative estimate of drug-likeness (QED) is 0.311. The first kappa shape index (κ1) is 22.9. The molecule has 1 amide bonds. The second-order valence-corrected chi connectivity index (χ2v) is 9.11. The maximum absolute atomic E-state index is 13.0. The normalized spacial score (nSPS) is 12.1. The number of allylic oxidation sites excluding steroid dienone is 1. The Morgan fingerprint density at radius 1 is 1.33 bits per heavy atom. The summed E-state index contributed by atoms with van der Waals surface area (Å²) in [7, 11) is 1.52. The van der Waals surface area contributed by atoms with Crippen molar-refractivity contribution in [3.8, 4) is 5.75 Å². The Bertz CT molecular complexity index is 1450. The zero-order valence-electron chi connectivity index (χ0n) is 18.3. The van der Waals surface area contributed by atoms with Crippen molar-refractivity contribution in [2.75, 3.05) is 12.4 Å². The van der Waals surface area contributed by atoms with Crippen LogP contribution in [0.25, 0.3) is 16.7 Å². The second-order valence-electron chi connectivity index (χ2n) is 7.39. The van der Waals surface area contributed by atoms with E-state index in [4.69, 9.17) is 16.3 Å². The molecule has 0 fully saturated rings. The summed E-state index contributed by atoms with van der Waals surface area (Å²) in [5, 5.41) is 12.5. The largest absolute Gasteiger partial charge is 0.495 e. The first-order valence-corrected chi connectivity index (χ1v) is 11.4. The van der Waals surface area contributed by atoms with Crippen LogP contribution >= 0.6 is 23.4 Å². The number of hydrogen-bond donors (Lipinski definition) is 1. The fourth-order valence-electron chi connectivity index (χ4n) is 3.48. The molecule has 1 atom stereocenters. The lowest BCUT2D eigenvalue weighted by Gasteiger charge is -2.15. The van der Waals surface area contributed by atoms with Crippen LogP contribution in [0.5, 0.6) is 5.75 Å². The third-order valence-electron chi connectivity index (χ3n) is 5.18. The minimum atomic E-state index is -0.517. The van der Waals surface area contributed by atoms with Crippen molar-refractivity contribution in [1.82, 2.24) is 19.2 Å². The highest BCUT2D eigenvalue weighted by Gasteiger charge is 2.22. The zero-order valence-corrected chi connectivity index (χ0v) is 19.9. The van der Waals surface area contributed by atoms with Crippen molar-refractivity contribution in [3.05, 3.63) is 70.0 Å². The van der Waals surface area contributed by atoms with Crippen molar-refractivity contribution < 1.29 is 9.53 Å². The van der Waals surface area contributed by atoms with E-state index in [9.17, 15) is 9.59 Å². The first-order chi connectivity index (χ1) is 15.8. The van der Waals surface area contributed by atoms with Crippen LogP contribution in [-0.2, 0) is 11.3 Å². The molecule has 0 spiro atoms. The van der Waals surface area contributed by atoms with E-state index >= 15 is 0 Å². The van der Waals surface area contributed by atoms with E-state index in [1.165, 1.54) is 23.4 Å². The molecule has 4 aromatic rings. The Hall–Kier alpha value is -3.30. The Balaban J connectivity index is 1.70. The van der Waals surface area contributed by atoms with Gasteiger partial charge in [0.25, 0.3) is 5.56 Å². The Morgan fingerprint density at radius 2 is 2.09 bits per heavy atom. The van der Waals surface area contributed by atoms with Crippen molar-refractivity contribution in [1.29, 1.82) is 0 Å². The molecule has 0 saturated carbocycles. The summed E-state index contributed by atoms with van der Waals surface area (Å²) in [5.74, 6) is 0.632. The van der Waals surface area contributed by atoms with Crippen molar-refractivity contribution in [2.45, 2.75) is 30.8 Å². The number of nitrogens with zero attached hydrogens (tertiary/aromatic N) is 4. The van der Waals surface area contributed by atoms with Gasteiger partial charge in [0, 0.05) is 17.6 Å². The van der Waals surface area contributed by atoms with E-state index in [2.05, 4.69) is 22.1 Å². The highest BCUT2D eigenvalue weighted by atomic mass is 35.5. The Morgan fingerprint density at radius 3 is 2.82 bits per heavy atom. The molecule has 0 aliphatic heterocycles. The number of carbonyl (C=O) groups is 1. The van der Waals surface area contributed by atoms with E-state index in [-0.39, 0.29) is 11.5 Å². The lowest BCUT2D eigenvalue weighted by Crippen LogP contribution is -2.24. The molecule has 2 heterocycles. The molecule has 170 valence electrons. The molecule has 2 aromatic carbocycles. The molecule has 0 aliphatic rings. The molecule has 8 nitrogen and oxygen atoms in total. The van der Waals surface area contributed by atoms with Gasteiger partial charge in [-0.1, -0.05) is 41.6 Å². The summed E-state index contributed by atoms with van der Waals surface area (Å²) in [5.41, 5.74) is 1.86. The molecular weight excluding hydrogens is 462 g/mol. The second kappa shape index (κ2) is 9.29. The summed E-state index contributed by atoms with van der Waals surface area (Å²) in [4.78, 5) is 25.9. The number of hydrogen-bond acceptors (Lipinski definition) is 6. The highest BCUT2D eigenvalue weighted by Crippen LogP contribution is 2.32. The van der Waals surface area contributed by atoms with E-state index in [0.29, 0.717) is 44.8 Å². The van der Waals surface area contributed by atoms with E-state index < -0.39 is 5.25 Å². The third kappa shape index (κ3) is 4.21. The van der Waals surface area contributed by atoms with Crippen LogP contribution in [0.3, 0.4) is 0 Å². The number of fused-ring (bicyclic) bond motifs is 3. The fraction of sp³-hybridized carbons (Fsp3) is 0.217. The molecule has 10 heteroatoms. The van der Waals surface area contributed by atoms with E-state index in [0.717, 1.165) is 5.56 Å². The summed E-state index contributed by atoms with van der Waals surface area (Å²) in [6.45, 7) is 7.66. The van der Waals surface area contributed by atoms with Crippen molar-refractivity contribution >= 4 is 51.6 Å². The number of benzene rings is 2. The molecule has 0 aliphatic carbocycles. The number of carbonyl (C=O) groups excluding carboxylic acids is 1. The van der Waals surface area contributed by atoms with Gasteiger partial charge in [0.15, 0.2) is 5.16 Å². The smallest absolute Gasteiger partial charge is 0.263 e. The van der Waals surface area contributed by atoms with E-state index in [1.54, 1.807) is 35.6 Å². The maximum atomic E-state index is 13.0. The Labute approximate surface area is 199 Å². The standard InChI is InChI=1S/C23H22ClN5O3S/c1-5-10-28-21(31)15-8-6-7-9-18(15)29-22(28)26-27-23(29)33-14(3)20(30)25-17-11-13(2)16(24)12-19(17)32-4/h5-9,11-12,14H,1,10H2,2-4H3,(H,25,30). The number of halogens is 1. The van der Waals surface area contributed by atoms with Crippen LogP contribution in [0, 0.1) is 6.92 Å². The molecule has 0 saturated heterocycles. The van der Waals surface area contributed by atoms with Crippen molar-refractivity contribution in [2.24, 2.45) is 0 Å². The molecule has 1 unspecified atom stereocenters. The summed E-state index contributed by atoms with van der Waals surface area (Å²) >= 11 is 7.41. The van der Waals surface area contributed by atoms with Gasteiger partial charge >= 0.3 is 0 Å². The number of aryl methyl sites for hydroxylation is 1. The van der Waals surface area contributed by atoms with Gasteiger partial charge in [-0.2, -0.15) is 0 Å². The SMILES string of the molecule is C=CCn1c(=O)c2ccccc2n2c(SC(C)C(=O)Nc3cc(C)c(Cl)cc3OC)nnc12. The topological polar surface area (TPSA) is 90.5 Å². The summed E-state index contributed by atoms with van der Waals surface area (Å²) in [6, 6.07) is 10.7. The van der Waals surface area contributed by atoms with E-state index in [1.807, 2.05) is 25.1 Å². The number of para-hydroxylation sites is 1. The summed E-state index contributed by atoms with van der Waals surface area (Å²) in [6.07, 6.45) is 1.63. The van der Waals surface area contributed by atoms with Crippen LogP contribution in [0.15, 0.2) is 59.0 Å². The predicted octanol–water partition coefficient (Wildman–Crippen LogP) is 4.32. The number of amides is 1. The van der Waals surface area contributed by atoms with Crippen LogP contribution in [0.2, 0.25) is 5.02 Å². The predicted molar refractivity (Wildman–Crippen MR) is 132 cm³/mol. The number of anilines is 1. The van der Waals surface area contributed by atoms with Gasteiger partial charge in [-0.15, -0.1) is 16.8 Å². The number of ether oxygens (including phenoxy) is 1. The molecule has 1 N–H and O–H groups in total. The number of rotatable bonds is 7. The average molecular weight is 484 g/mol. The first-order valence-electron chi connectivity index (χ1n) is 10.1. The van der Waals surface area contributed by atoms with Gasteiger partial charge in [-0.3, -0.25) is 18.6 Å². The van der Waals surface area contributed by atoms with Crippen LogP contribution < -0.4 is 15.6 Å². The third-order valence-corrected chi connectivity index (χ3v) is 6.63. The summed E-state index contributed by atoms with van der Waals surface area (Å²) < 4.78 is 8.65. The van der Waals surface area contributed by atoms with Gasteiger partial charge in [0.1, 0.15) is 5.75 Å². The van der Waals surface area contributed by atoms with Gasteiger partial charge in [0.2, 0.25) is 11.7 Å². The monoisotopic (exact) mass is 483 g/mol. The molecular formula is C23H22ClN5O3S.